The Balaban J connectivity index is 0.00000312. The van der Waals surface area contributed by atoms with E-state index in [1.54, 1.807) is 11.3 Å². The summed E-state index contributed by atoms with van der Waals surface area (Å²) in [6.45, 7) is 16.2. The van der Waals surface area contributed by atoms with Crippen molar-refractivity contribution in [1.29, 1.82) is 0 Å². The van der Waals surface area contributed by atoms with Crippen molar-refractivity contribution in [1.82, 2.24) is 20.1 Å². The van der Waals surface area contributed by atoms with Crippen LogP contribution in [0.4, 0.5) is 0 Å². The molecule has 0 saturated carbocycles. The maximum atomic E-state index is 4.84. The first-order valence-electron chi connectivity index (χ1n) is 9.33. The van der Waals surface area contributed by atoms with E-state index < -0.39 is 0 Å². The smallest absolute Gasteiger partial charge is 0.193 e. The zero-order valence-electron chi connectivity index (χ0n) is 16.1. The Morgan fingerprint density at radius 3 is 2.76 bits per heavy atom. The van der Waals surface area contributed by atoms with Gasteiger partial charge in [-0.15, -0.1) is 35.3 Å². The van der Waals surface area contributed by atoms with Crippen LogP contribution in [0.2, 0.25) is 0 Å². The van der Waals surface area contributed by atoms with Gasteiger partial charge in [-0.3, -0.25) is 4.99 Å². The molecule has 144 valence electrons. The summed E-state index contributed by atoms with van der Waals surface area (Å²) in [7, 11) is 0. The molecule has 0 aliphatic carbocycles. The van der Waals surface area contributed by atoms with E-state index in [2.05, 4.69) is 47.8 Å². The van der Waals surface area contributed by atoms with Crippen LogP contribution >= 0.6 is 35.3 Å². The van der Waals surface area contributed by atoms with Gasteiger partial charge in [0.05, 0.1) is 5.01 Å². The molecule has 2 heterocycles. The second-order valence-corrected chi connectivity index (χ2v) is 7.76. The van der Waals surface area contributed by atoms with Crippen molar-refractivity contribution >= 4 is 41.3 Å². The van der Waals surface area contributed by atoms with E-state index in [-0.39, 0.29) is 24.0 Å². The summed E-state index contributed by atoms with van der Waals surface area (Å²) in [4.78, 5) is 15.5. The molecular formula is C18H34IN5S. The van der Waals surface area contributed by atoms with Gasteiger partial charge in [0.25, 0.3) is 0 Å². The highest BCUT2D eigenvalue weighted by Crippen LogP contribution is 2.18. The Kier molecular flexibility index (Phi) is 10.9. The molecule has 7 heteroatoms. The second kappa shape index (κ2) is 12.1. The first kappa shape index (κ1) is 22.6. The maximum Gasteiger partial charge on any atom is 0.193 e. The molecule has 1 aromatic heterocycles. The van der Waals surface area contributed by atoms with Gasteiger partial charge in [-0.1, -0.05) is 13.8 Å². The number of hydrogen-bond acceptors (Lipinski definition) is 4. The highest BCUT2D eigenvalue weighted by molar-refractivity contribution is 14.0. The lowest BCUT2D eigenvalue weighted by atomic mass is 10.1. The average Bonchev–Trinajstić information content (AvgIpc) is 3.21. The number of aromatic nitrogens is 1. The van der Waals surface area contributed by atoms with E-state index in [9.17, 15) is 0 Å². The zero-order chi connectivity index (χ0) is 17.4. The van der Waals surface area contributed by atoms with E-state index in [1.807, 2.05) is 6.20 Å². The minimum atomic E-state index is 0. The van der Waals surface area contributed by atoms with Crippen LogP contribution in [0.3, 0.4) is 0 Å². The molecule has 0 spiro atoms. The summed E-state index contributed by atoms with van der Waals surface area (Å²) >= 11 is 1.78. The molecule has 1 aromatic rings. The number of hydrogen-bond donors (Lipinski definition) is 1. The third kappa shape index (κ3) is 7.38. The fraction of sp³-hybridized carbons (Fsp3) is 0.778. The third-order valence-corrected chi connectivity index (χ3v) is 5.56. The van der Waals surface area contributed by atoms with E-state index in [1.165, 1.54) is 22.9 Å². The molecule has 2 rings (SSSR count). The minimum Gasteiger partial charge on any atom is -0.357 e. The van der Waals surface area contributed by atoms with Crippen LogP contribution < -0.4 is 5.32 Å². The third-order valence-electron chi connectivity index (χ3n) is 4.59. The van der Waals surface area contributed by atoms with Gasteiger partial charge < -0.3 is 15.1 Å². The molecule has 1 N–H and O–H groups in total. The number of halogens is 1. The molecule has 1 saturated heterocycles. The van der Waals surface area contributed by atoms with Crippen molar-refractivity contribution in [3.63, 3.8) is 0 Å². The summed E-state index contributed by atoms with van der Waals surface area (Å²) in [6.07, 6.45) is 4.16. The number of aryl methyl sites for hydroxylation is 1. The molecule has 0 bridgehead atoms. The zero-order valence-corrected chi connectivity index (χ0v) is 19.3. The molecule has 1 aliphatic rings. The molecule has 0 aromatic carbocycles. The first-order valence-corrected chi connectivity index (χ1v) is 10.1. The minimum absolute atomic E-state index is 0. The summed E-state index contributed by atoms with van der Waals surface area (Å²) in [5.41, 5.74) is 0. The standard InChI is InChI=1S/C18H33N5S.HI/c1-5-19-18(20-10-8-17-21-12-15(4)24-17)23-11-9-16(14-23)13-22(6-2)7-3;/h12,16H,5-11,13-14H2,1-4H3,(H,19,20);1H. The van der Waals surface area contributed by atoms with Crippen molar-refractivity contribution < 1.29 is 0 Å². The van der Waals surface area contributed by atoms with Crippen LogP contribution in [-0.2, 0) is 6.42 Å². The summed E-state index contributed by atoms with van der Waals surface area (Å²) < 4.78 is 0. The van der Waals surface area contributed by atoms with Gasteiger partial charge in [-0.2, -0.15) is 0 Å². The Hall–Kier alpha value is -0.410. The van der Waals surface area contributed by atoms with Crippen LogP contribution in [0.1, 0.15) is 37.1 Å². The summed E-state index contributed by atoms with van der Waals surface area (Å²) in [5.74, 6) is 1.84. The number of aliphatic imine (C=N–C) groups is 1. The van der Waals surface area contributed by atoms with Crippen LogP contribution in [0.25, 0.3) is 0 Å². The van der Waals surface area contributed by atoms with Crippen LogP contribution in [0.15, 0.2) is 11.2 Å². The Morgan fingerprint density at radius 1 is 1.40 bits per heavy atom. The van der Waals surface area contributed by atoms with Crippen molar-refractivity contribution in [2.24, 2.45) is 10.9 Å². The van der Waals surface area contributed by atoms with Crippen molar-refractivity contribution in [2.75, 3.05) is 45.8 Å². The van der Waals surface area contributed by atoms with Gasteiger partial charge in [0, 0.05) is 50.2 Å². The second-order valence-electron chi connectivity index (χ2n) is 6.44. The lowest BCUT2D eigenvalue weighted by molar-refractivity contribution is 0.255. The van der Waals surface area contributed by atoms with E-state index >= 15 is 0 Å². The van der Waals surface area contributed by atoms with Gasteiger partial charge in [0.15, 0.2) is 5.96 Å². The van der Waals surface area contributed by atoms with Gasteiger partial charge in [0.2, 0.25) is 0 Å². The number of rotatable bonds is 8. The Bertz CT molecular complexity index is 515. The van der Waals surface area contributed by atoms with Crippen molar-refractivity contribution in [3.05, 3.63) is 16.1 Å². The molecule has 0 radical (unpaired) electrons. The molecule has 1 atom stereocenters. The molecular weight excluding hydrogens is 445 g/mol. The quantitative estimate of drug-likeness (QED) is 0.353. The maximum absolute atomic E-state index is 4.84. The molecule has 5 nitrogen and oxygen atoms in total. The summed E-state index contributed by atoms with van der Waals surface area (Å²) in [5, 5.41) is 4.65. The van der Waals surface area contributed by atoms with E-state index in [0.717, 1.165) is 57.6 Å². The molecule has 1 aliphatic heterocycles. The van der Waals surface area contributed by atoms with Gasteiger partial charge in [0.1, 0.15) is 0 Å². The van der Waals surface area contributed by atoms with Gasteiger partial charge in [-0.25, -0.2) is 4.98 Å². The highest BCUT2D eigenvalue weighted by Gasteiger charge is 2.25. The Labute approximate surface area is 174 Å². The topological polar surface area (TPSA) is 43.8 Å². The van der Waals surface area contributed by atoms with Gasteiger partial charge >= 0.3 is 0 Å². The van der Waals surface area contributed by atoms with Crippen molar-refractivity contribution in [3.8, 4) is 0 Å². The predicted molar refractivity (Wildman–Crippen MR) is 119 cm³/mol. The highest BCUT2D eigenvalue weighted by atomic mass is 127. The van der Waals surface area contributed by atoms with E-state index in [4.69, 9.17) is 4.99 Å². The predicted octanol–water partition coefficient (Wildman–Crippen LogP) is 3.24. The number of nitrogens with one attached hydrogen (secondary N) is 1. The number of guanidine groups is 1. The normalized spacial score (nSPS) is 17.9. The molecule has 25 heavy (non-hydrogen) atoms. The number of likely N-dealkylation sites (tertiary alicyclic amines) is 1. The van der Waals surface area contributed by atoms with Crippen LogP contribution in [0.5, 0.6) is 0 Å². The van der Waals surface area contributed by atoms with Crippen LogP contribution in [-0.4, -0.2) is 66.6 Å². The fourth-order valence-electron chi connectivity index (χ4n) is 3.22. The fourth-order valence-corrected chi connectivity index (χ4v) is 4.00. The van der Waals surface area contributed by atoms with Gasteiger partial charge in [-0.05, 0) is 39.3 Å². The monoisotopic (exact) mass is 479 g/mol. The van der Waals surface area contributed by atoms with E-state index in [0.29, 0.717) is 0 Å². The Morgan fingerprint density at radius 2 is 2.16 bits per heavy atom. The molecule has 0 amide bonds. The van der Waals surface area contributed by atoms with Crippen molar-refractivity contribution in [2.45, 2.75) is 40.5 Å². The number of nitrogens with zero attached hydrogens (tertiary/aromatic N) is 4. The number of thiazole rings is 1. The average molecular weight is 479 g/mol. The molecule has 1 unspecified atom stereocenters. The lowest BCUT2D eigenvalue weighted by Crippen LogP contribution is -2.41. The largest absolute Gasteiger partial charge is 0.357 e. The SMILES string of the molecule is CCNC(=NCCc1ncc(C)s1)N1CCC(CN(CC)CC)C1.I. The lowest BCUT2D eigenvalue weighted by Gasteiger charge is -2.24. The molecule has 1 fully saturated rings. The first-order chi connectivity index (χ1) is 11.7. The van der Waals surface area contributed by atoms with Crippen LogP contribution in [0, 0.1) is 12.8 Å². The summed E-state index contributed by atoms with van der Waals surface area (Å²) in [6, 6.07) is 0.